The number of thiazole rings is 1. The van der Waals surface area contributed by atoms with Crippen LogP contribution in [0.25, 0.3) is 4.96 Å². The molecule has 0 spiro atoms. The maximum atomic E-state index is 12.2. The van der Waals surface area contributed by atoms with Gasteiger partial charge in [-0.3, -0.25) is 14.6 Å². The standard InChI is InChI=1S/C16H18N4O3S2/c1-2-3-12-4-6-14(7-5-12)25(22,23)19-18-15(21)10-13-11-20-8-9-24-16(20)17-13/h4-9,11,19H,2-3,10H2,1H3,(H,18,21). The third-order valence-electron chi connectivity index (χ3n) is 3.58. The predicted molar refractivity (Wildman–Crippen MR) is 95.7 cm³/mol. The van der Waals surface area contributed by atoms with E-state index < -0.39 is 15.9 Å². The molecule has 0 saturated carbocycles. The number of hydrogen-bond acceptors (Lipinski definition) is 5. The lowest BCUT2D eigenvalue weighted by atomic mass is 10.1. The van der Waals surface area contributed by atoms with Crippen LogP contribution in [0.3, 0.4) is 0 Å². The molecule has 25 heavy (non-hydrogen) atoms. The van der Waals surface area contributed by atoms with Crippen molar-refractivity contribution in [1.29, 1.82) is 0 Å². The Morgan fingerprint density at radius 2 is 2.04 bits per heavy atom. The fraction of sp³-hybridized carbons (Fsp3) is 0.250. The van der Waals surface area contributed by atoms with Crippen molar-refractivity contribution in [3.05, 3.63) is 53.3 Å². The number of hydrazine groups is 1. The van der Waals surface area contributed by atoms with Crippen LogP contribution in [0.1, 0.15) is 24.6 Å². The molecule has 0 bridgehead atoms. The number of rotatable bonds is 7. The largest absolute Gasteiger partial charge is 0.297 e. The van der Waals surface area contributed by atoms with E-state index in [4.69, 9.17) is 0 Å². The van der Waals surface area contributed by atoms with E-state index in [9.17, 15) is 13.2 Å². The normalized spacial score (nSPS) is 11.7. The Morgan fingerprint density at radius 3 is 2.72 bits per heavy atom. The number of benzene rings is 1. The topological polar surface area (TPSA) is 92.6 Å². The molecule has 0 saturated heterocycles. The first kappa shape index (κ1) is 17.6. The van der Waals surface area contributed by atoms with Gasteiger partial charge in [0.25, 0.3) is 10.0 Å². The molecular formula is C16H18N4O3S2. The molecule has 1 amide bonds. The summed E-state index contributed by atoms with van der Waals surface area (Å²) in [5, 5.41) is 1.89. The summed E-state index contributed by atoms with van der Waals surface area (Å²) in [5.74, 6) is -0.475. The van der Waals surface area contributed by atoms with Gasteiger partial charge in [-0.15, -0.1) is 16.2 Å². The highest BCUT2D eigenvalue weighted by Gasteiger charge is 2.16. The lowest BCUT2D eigenvalue weighted by Gasteiger charge is -2.08. The first-order valence-corrected chi connectivity index (χ1v) is 10.1. The SMILES string of the molecule is CCCc1ccc(S(=O)(=O)NNC(=O)Cc2cn3ccsc3n2)cc1. The van der Waals surface area contributed by atoms with Crippen molar-refractivity contribution in [3.63, 3.8) is 0 Å². The number of carbonyl (C=O) groups excluding carboxylic acids is 1. The predicted octanol–water partition coefficient (Wildman–Crippen LogP) is 1.90. The Labute approximate surface area is 149 Å². The smallest absolute Gasteiger partial charge is 0.257 e. The quantitative estimate of drug-likeness (QED) is 0.614. The van der Waals surface area contributed by atoms with E-state index >= 15 is 0 Å². The number of nitrogens with one attached hydrogen (secondary N) is 2. The number of aryl methyl sites for hydroxylation is 1. The Hall–Kier alpha value is -2.23. The minimum absolute atomic E-state index is 0.00758. The molecule has 1 aromatic carbocycles. The van der Waals surface area contributed by atoms with Crippen LogP contribution in [-0.4, -0.2) is 23.7 Å². The molecule has 2 N–H and O–H groups in total. The van der Waals surface area contributed by atoms with Crippen molar-refractivity contribution < 1.29 is 13.2 Å². The third-order valence-corrected chi connectivity index (χ3v) is 5.62. The number of fused-ring (bicyclic) bond motifs is 1. The van der Waals surface area contributed by atoms with Gasteiger partial charge in [0.15, 0.2) is 4.96 Å². The molecule has 2 aromatic heterocycles. The van der Waals surface area contributed by atoms with Crippen LogP contribution < -0.4 is 10.3 Å². The van der Waals surface area contributed by atoms with Gasteiger partial charge >= 0.3 is 0 Å². The maximum absolute atomic E-state index is 12.2. The number of imidazole rings is 1. The highest BCUT2D eigenvalue weighted by molar-refractivity contribution is 7.89. The second-order valence-corrected chi connectivity index (χ2v) is 8.10. The first-order chi connectivity index (χ1) is 12.0. The average Bonchev–Trinajstić information content (AvgIpc) is 3.15. The molecule has 0 aliphatic carbocycles. The van der Waals surface area contributed by atoms with Gasteiger partial charge in [0.2, 0.25) is 5.91 Å². The number of nitrogens with zero attached hydrogens (tertiary/aromatic N) is 2. The van der Waals surface area contributed by atoms with Crippen molar-refractivity contribution in [2.45, 2.75) is 31.1 Å². The van der Waals surface area contributed by atoms with E-state index in [0.29, 0.717) is 5.69 Å². The van der Waals surface area contributed by atoms with Crippen LogP contribution in [0.2, 0.25) is 0 Å². The van der Waals surface area contributed by atoms with Crippen LogP contribution in [0.15, 0.2) is 46.9 Å². The van der Waals surface area contributed by atoms with E-state index in [1.807, 2.05) is 16.0 Å². The van der Waals surface area contributed by atoms with E-state index in [2.05, 4.69) is 22.2 Å². The second kappa shape index (κ2) is 7.34. The van der Waals surface area contributed by atoms with E-state index in [-0.39, 0.29) is 11.3 Å². The summed E-state index contributed by atoms with van der Waals surface area (Å²) in [7, 11) is -3.80. The van der Waals surface area contributed by atoms with Gasteiger partial charge in [-0.05, 0) is 24.1 Å². The lowest BCUT2D eigenvalue weighted by molar-refractivity contribution is -0.120. The van der Waals surface area contributed by atoms with Crippen molar-refractivity contribution >= 4 is 32.2 Å². The molecule has 0 fully saturated rings. The van der Waals surface area contributed by atoms with Crippen LogP contribution in [0.5, 0.6) is 0 Å². The fourth-order valence-corrected chi connectivity index (χ4v) is 3.96. The van der Waals surface area contributed by atoms with Gasteiger partial charge in [0.1, 0.15) is 0 Å². The second-order valence-electron chi connectivity index (χ2n) is 5.55. The van der Waals surface area contributed by atoms with Gasteiger partial charge in [-0.1, -0.05) is 25.5 Å². The van der Waals surface area contributed by atoms with Crippen LogP contribution in [-0.2, 0) is 27.7 Å². The molecule has 3 rings (SSSR count). The summed E-state index contributed by atoms with van der Waals surface area (Å²) in [4.78, 5) is 19.2. The van der Waals surface area contributed by atoms with E-state index in [1.54, 1.807) is 18.3 Å². The molecule has 132 valence electrons. The van der Waals surface area contributed by atoms with Gasteiger partial charge < -0.3 is 0 Å². The van der Waals surface area contributed by atoms with Crippen molar-refractivity contribution in [3.8, 4) is 0 Å². The summed E-state index contributed by atoms with van der Waals surface area (Å²) in [6, 6.07) is 6.61. The molecule has 7 nitrogen and oxygen atoms in total. The summed E-state index contributed by atoms with van der Waals surface area (Å²) in [6.07, 6.45) is 5.47. The zero-order valence-corrected chi connectivity index (χ0v) is 15.2. The van der Waals surface area contributed by atoms with Crippen molar-refractivity contribution in [2.75, 3.05) is 0 Å². The monoisotopic (exact) mass is 378 g/mol. The van der Waals surface area contributed by atoms with Gasteiger partial charge in [0, 0.05) is 17.8 Å². The Balaban J connectivity index is 1.59. The van der Waals surface area contributed by atoms with Crippen LogP contribution in [0.4, 0.5) is 0 Å². The average molecular weight is 378 g/mol. The molecule has 0 aliphatic heterocycles. The van der Waals surface area contributed by atoms with E-state index in [1.165, 1.54) is 23.5 Å². The molecule has 0 radical (unpaired) electrons. The number of hydrogen-bond donors (Lipinski definition) is 2. The van der Waals surface area contributed by atoms with Gasteiger partial charge in [-0.25, -0.2) is 13.4 Å². The minimum Gasteiger partial charge on any atom is -0.297 e. The van der Waals surface area contributed by atoms with Crippen molar-refractivity contribution in [2.24, 2.45) is 0 Å². The first-order valence-electron chi connectivity index (χ1n) is 7.78. The Kier molecular flexibility index (Phi) is 5.16. The summed E-state index contributed by atoms with van der Waals surface area (Å²) >= 11 is 1.46. The number of aromatic nitrogens is 2. The minimum atomic E-state index is -3.80. The highest BCUT2D eigenvalue weighted by atomic mass is 32.2. The third kappa shape index (κ3) is 4.25. The number of sulfonamides is 1. The number of carbonyl (C=O) groups is 1. The van der Waals surface area contributed by atoms with E-state index in [0.717, 1.165) is 23.4 Å². The molecule has 3 aromatic rings. The molecule has 0 atom stereocenters. The molecule has 0 unspecified atom stereocenters. The van der Waals surface area contributed by atoms with Crippen LogP contribution >= 0.6 is 11.3 Å². The molecule has 0 aliphatic rings. The highest BCUT2D eigenvalue weighted by Crippen LogP contribution is 2.12. The zero-order chi connectivity index (χ0) is 17.9. The summed E-state index contributed by atoms with van der Waals surface area (Å²) in [5.41, 5.74) is 3.87. The number of amides is 1. The van der Waals surface area contributed by atoms with Crippen LogP contribution in [0, 0.1) is 0 Å². The maximum Gasteiger partial charge on any atom is 0.257 e. The summed E-state index contributed by atoms with van der Waals surface area (Å²) in [6.45, 7) is 2.06. The summed E-state index contributed by atoms with van der Waals surface area (Å²) < 4.78 is 26.2. The Morgan fingerprint density at radius 1 is 1.28 bits per heavy atom. The van der Waals surface area contributed by atoms with Gasteiger partial charge in [-0.2, -0.15) is 0 Å². The zero-order valence-electron chi connectivity index (χ0n) is 13.6. The van der Waals surface area contributed by atoms with Crippen molar-refractivity contribution in [1.82, 2.24) is 19.6 Å². The fourth-order valence-electron chi connectivity index (χ4n) is 2.38. The van der Waals surface area contributed by atoms with Gasteiger partial charge in [0.05, 0.1) is 17.0 Å². The molecular weight excluding hydrogens is 360 g/mol. The molecule has 9 heteroatoms. The lowest BCUT2D eigenvalue weighted by Crippen LogP contribution is -2.42. The molecule has 2 heterocycles. The Bertz CT molecular complexity index is 946.